The lowest BCUT2D eigenvalue weighted by Gasteiger charge is -2.11. The van der Waals surface area contributed by atoms with Gasteiger partial charge in [-0.25, -0.2) is 14.4 Å². The molecular formula is C20H19FN4O. The number of ketones is 1. The van der Waals surface area contributed by atoms with Crippen LogP contribution in [0.3, 0.4) is 0 Å². The zero-order valence-electron chi connectivity index (χ0n) is 14.6. The SMILES string of the molecule is CC(=O)c1ccc(Nc2cc(NCc3ccccc3F)nc(C)n2)cc1. The molecular weight excluding hydrogens is 331 g/mol. The van der Waals surface area contributed by atoms with E-state index in [9.17, 15) is 9.18 Å². The fraction of sp³-hybridized carbons (Fsp3) is 0.150. The summed E-state index contributed by atoms with van der Waals surface area (Å²) in [5, 5.41) is 6.30. The normalized spacial score (nSPS) is 10.4. The van der Waals surface area contributed by atoms with Crippen molar-refractivity contribution in [1.82, 2.24) is 9.97 Å². The van der Waals surface area contributed by atoms with Crippen LogP contribution in [0, 0.1) is 12.7 Å². The van der Waals surface area contributed by atoms with E-state index in [2.05, 4.69) is 20.6 Å². The molecule has 5 nitrogen and oxygen atoms in total. The molecule has 3 rings (SSSR count). The summed E-state index contributed by atoms with van der Waals surface area (Å²) in [6.07, 6.45) is 0. The van der Waals surface area contributed by atoms with E-state index in [-0.39, 0.29) is 11.6 Å². The molecule has 26 heavy (non-hydrogen) atoms. The Bertz CT molecular complexity index is 925. The number of aryl methyl sites for hydroxylation is 1. The van der Waals surface area contributed by atoms with E-state index in [1.165, 1.54) is 13.0 Å². The van der Waals surface area contributed by atoms with Crippen LogP contribution in [-0.4, -0.2) is 15.8 Å². The summed E-state index contributed by atoms with van der Waals surface area (Å²) >= 11 is 0. The van der Waals surface area contributed by atoms with Crippen LogP contribution in [0.5, 0.6) is 0 Å². The molecule has 132 valence electrons. The summed E-state index contributed by atoms with van der Waals surface area (Å²) < 4.78 is 13.7. The average molecular weight is 350 g/mol. The summed E-state index contributed by atoms with van der Waals surface area (Å²) in [4.78, 5) is 20.0. The standard InChI is InChI=1S/C20H19FN4O/c1-13(26)15-7-9-17(10-8-15)25-20-11-19(23-14(2)24-20)22-12-16-5-3-4-6-18(16)21/h3-11H,12H2,1-2H3,(H2,22,23,24,25). The molecule has 0 atom stereocenters. The molecule has 0 radical (unpaired) electrons. The van der Waals surface area contributed by atoms with Gasteiger partial charge >= 0.3 is 0 Å². The zero-order valence-corrected chi connectivity index (χ0v) is 14.6. The molecule has 6 heteroatoms. The molecule has 2 N–H and O–H groups in total. The summed E-state index contributed by atoms with van der Waals surface area (Å²) in [5.41, 5.74) is 2.04. The van der Waals surface area contributed by atoms with Gasteiger partial charge in [0.15, 0.2) is 5.78 Å². The Kier molecular flexibility index (Phi) is 5.22. The van der Waals surface area contributed by atoms with Crippen LogP contribution in [0.2, 0.25) is 0 Å². The molecule has 0 unspecified atom stereocenters. The second kappa shape index (κ2) is 7.74. The van der Waals surface area contributed by atoms with Gasteiger partial charge in [-0.3, -0.25) is 4.79 Å². The maximum atomic E-state index is 13.7. The second-order valence-electron chi connectivity index (χ2n) is 5.89. The number of carbonyl (C=O) groups excluding carboxylic acids is 1. The molecule has 0 bridgehead atoms. The lowest BCUT2D eigenvalue weighted by atomic mass is 10.1. The third-order valence-electron chi connectivity index (χ3n) is 3.82. The minimum absolute atomic E-state index is 0.0223. The van der Waals surface area contributed by atoms with Crippen molar-refractivity contribution < 1.29 is 9.18 Å². The molecule has 1 heterocycles. The molecule has 0 fully saturated rings. The first-order valence-corrected chi connectivity index (χ1v) is 8.22. The van der Waals surface area contributed by atoms with Crippen molar-refractivity contribution in [2.75, 3.05) is 10.6 Å². The van der Waals surface area contributed by atoms with Crippen LogP contribution in [0.4, 0.5) is 21.7 Å². The van der Waals surface area contributed by atoms with Crippen LogP contribution in [0.25, 0.3) is 0 Å². The number of benzene rings is 2. The predicted molar refractivity (Wildman–Crippen MR) is 100 cm³/mol. The first-order chi connectivity index (χ1) is 12.5. The Morgan fingerprint density at radius 1 is 1.04 bits per heavy atom. The van der Waals surface area contributed by atoms with Gasteiger partial charge in [-0.1, -0.05) is 18.2 Å². The molecule has 3 aromatic rings. The van der Waals surface area contributed by atoms with Crippen molar-refractivity contribution >= 4 is 23.1 Å². The first-order valence-electron chi connectivity index (χ1n) is 8.22. The number of rotatable bonds is 6. The lowest BCUT2D eigenvalue weighted by molar-refractivity contribution is 0.101. The highest BCUT2D eigenvalue weighted by atomic mass is 19.1. The Balaban J connectivity index is 1.73. The Hall–Kier alpha value is -3.28. The average Bonchev–Trinajstić information content (AvgIpc) is 2.61. The van der Waals surface area contributed by atoms with E-state index in [4.69, 9.17) is 0 Å². The third-order valence-corrected chi connectivity index (χ3v) is 3.82. The van der Waals surface area contributed by atoms with Gasteiger partial charge in [0, 0.05) is 29.4 Å². The molecule has 2 aromatic carbocycles. The number of carbonyl (C=O) groups is 1. The largest absolute Gasteiger partial charge is 0.366 e. The second-order valence-corrected chi connectivity index (χ2v) is 5.89. The Labute approximate surface area is 151 Å². The van der Waals surface area contributed by atoms with Crippen molar-refractivity contribution in [3.63, 3.8) is 0 Å². The number of halogens is 1. The number of hydrogen-bond donors (Lipinski definition) is 2. The van der Waals surface area contributed by atoms with Gasteiger partial charge in [-0.05, 0) is 44.2 Å². The van der Waals surface area contributed by atoms with Crippen LogP contribution < -0.4 is 10.6 Å². The van der Waals surface area contributed by atoms with Crippen LogP contribution in [0.1, 0.15) is 28.7 Å². The molecule has 0 aliphatic carbocycles. The summed E-state index contributed by atoms with van der Waals surface area (Å²) in [6.45, 7) is 3.65. The zero-order chi connectivity index (χ0) is 18.5. The van der Waals surface area contributed by atoms with Crippen molar-refractivity contribution in [3.8, 4) is 0 Å². The van der Waals surface area contributed by atoms with Crippen molar-refractivity contribution in [1.29, 1.82) is 0 Å². The monoisotopic (exact) mass is 350 g/mol. The van der Waals surface area contributed by atoms with E-state index in [0.29, 0.717) is 35.1 Å². The highest BCUT2D eigenvalue weighted by molar-refractivity contribution is 5.94. The summed E-state index contributed by atoms with van der Waals surface area (Å²) in [6, 6.07) is 15.5. The number of hydrogen-bond acceptors (Lipinski definition) is 5. The third kappa shape index (κ3) is 4.42. The molecule has 0 aliphatic rings. The molecule has 0 saturated carbocycles. The molecule has 0 aliphatic heterocycles. The van der Waals surface area contributed by atoms with Crippen molar-refractivity contribution in [2.45, 2.75) is 20.4 Å². The number of aromatic nitrogens is 2. The van der Waals surface area contributed by atoms with Gasteiger partial charge in [-0.2, -0.15) is 0 Å². The van der Waals surface area contributed by atoms with Gasteiger partial charge < -0.3 is 10.6 Å². The van der Waals surface area contributed by atoms with Gasteiger partial charge in [-0.15, -0.1) is 0 Å². The van der Waals surface area contributed by atoms with Crippen LogP contribution in [0.15, 0.2) is 54.6 Å². The fourth-order valence-electron chi connectivity index (χ4n) is 2.49. The Morgan fingerprint density at radius 2 is 1.73 bits per heavy atom. The highest BCUT2D eigenvalue weighted by Crippen LogP contribution is 2.19. The molecule has 0 amide bonds. The van der Waals surface area contributed by atoms with E-state index in [1.54, 1.807) is 43.3 Å². The van der Waals surface area contributed by atoms with Crippen molar-refractivity contribution in [3.05, 3.63) is 77.4 Å². The Morgan fingerprint density at radius 3 is 2.42 bits per heavy atom. The summed E-state index contributed by atoms with van der Waals surface area (Å²) in [5.74, 6) is 1.57. The molecule has 0 spiro atoms. The number of Topliss-reactive ketones (excluding diaryl/α,β-unsaturated/α-hetero) is 1. The van der Waals surface area contributed by atoms with Gasteiger partial charge in [0.05, 0.1) is 0 Å². The van der Waals surface area contributed by atoms with E-state index >= 15 is 0 Å². The number of nitrogens with zero attached hydrogens (tertiary/aromatic N) is 2. The topological polar surface area (TPSA) is 66.9 Å². The highest BCUT2D eigenvalue weighted by Gasteiger charge is 2.05. The van der Waals surface area contributed by atoms with Gasteiger partial charge in [0.1, 0.15) is 23.3 Å². The smallest absolute Gasteiger partial charge is 0.159 e. The van der Waals surface area contributed by atoms with Crippen LogP contribution >= 0.6 is 0 Å². The lowest BCUT2D eigenvalue weighted by Crippen LogP contribution is -2.06. The maximum absolute atomic E-state index is 13.7. The van der Waals surface area contributed by atoms with Gasteiger partial charge in [0.25, 0.3) is 0 Å². The van der Waals surface area contributed by atoms with Gasteiger partial charge in [0.2, 0.25) is 0 Å². The van der Waals surface area contributed by atoms with E-state index in [0.717, 1.165) is 5.69 Å². The quantitative estimate of drug-likeness (QED) is 0.642. The predicted octanol–water partition coefficient (Wildman–Crippen LogP) is 4.48. The minimum Gasteiger partial charge on any atom is -0.366 e. The van der Waals surface area contributed by atoms with Crippen molar-refractivity contribution in [2.24, 2.45) is 0 Å². The van der Waals surface area contributed by atoms with Crippen LogP contribution in [-0.2, 0) is 6.54 Å². The van der Waals surface area contributed by atoms with E-state index < -0.39 is 0 Å². The summed E-state index contributed by atoms with van der Waals surface area (Å²) in [7, 11) is 0. The first kappa shape index (κ1) is 17.5. The minimum atomic E-state index is -0.255. The molecule has 1 aromatic heterocycles. The number of nitrogens with one attached hydrogen (secondary N) is 2. The fourth-order valence-corrected chi connectivity index (χ4v) is 2.49. The molecule has 0 saturated heterocycles. The number of anilines is 3. The maximum Gasteiger partial charge on any atom is 0.159 e. The van der Waals surface area contributed by atoms with E-state index in [1.807, 2.05) is 12.1 Å².